The van der Waals surface area contributed by atoms with E-state index < -0.39 is 0 Å². The van der Waals surface area contributed by atoms with Crippen LogP contribution in [0.4, 0.5) is 4.39 Å². The lowest BCUT2D eigenvalue weighted by atomic mass is 10.2. The van der Waals surface area contributed by atoms with Crippen LogP contribution in [0.25, 0.3) is 0 Å². The highest BCUT2D eigenvalue weighted by atomic mass is 79.9. The molecular formula is C13H20BrFN2. The van der Waals surface area contributed by atoms with Gasteiger partial charge in [0.15, 0.2) is 0 Å². The predicted molar refractivity (Wildman–Crippen MR) is 73.6 cm³/mol. The molecule has 1 N–H and O–H groups in total. The minimum atomic E-state index is -0.134. The molecule has 0 aliphatic heterocycles. The Bertz CT molecular complexity index is 344. The van der Waals surface area contributed by atoms with Crippen molar-refractivity contribution in [3.05, 3.63) is 34.1 Å². The van der Waals surface area contributed by atoms with Gasteiger partial charge in [-0.3, -0.25) is 4.90 Å². The largest absolute Gasteiger partial charge is 0.318 e. The van der Waals surface area contributed by atoms with Crippen LogP contribution in [0, 0.1) is 5.82 Å². The molecule has 0 radical (unpaired) electrons. The van der Waals surface area contributed by atoms with Crippen molar-refractivity contribution in [1.82, 2.24) is 10.2 Å². The molecule has 0 fully saturated rings. The second-order valence-electron chi connectivity index (χ2n) is 4.12. The third-order valence-electron chi connectivity index (χ3n) is 2.63. The topological polar surface area (TPSA) is 15.3 Å². The number of likely N-dealkylation sites (N-methyl/N-ethyl adjacent to an activating group) is 1. The fourth-order valence-electron chi connectivity index (χ4n) is 1.75. The molecule has 0 aliphatic rings. The molecule has 0 unspecified atom stereocenters. The third kappa shape index (κ3) is 5.15. The van der Waals surface area contributed by atoms with E-state index in [1.54, 1.807) is 0 Å². The first kappa shape index (κ1) is 14.6. The molecule has 1 aromatic rings. The zero-order valence-electron chi connectivity index (χ0n) is 10.5. The lowest BCUT2D eigenvalue weighted by Crippen LogP contribution is -2.31. The van der Waals surface area contributed by atoms with Crippen LogP contribution in [0.1, 0.15) is 18.9 Å². The minimum absolute atomic E-state index is 0.134. The predicted octanol–water partition coefficient (Wildman–Crippen LogP) is 3.02. The summed E-state index contributed by atoms with van der Waals surface area (Å²) in [7, 11) is 1.93. The van der Waals surface area contributed by atoms with Gasteiger partial charge in [0.1, 0.15) is 5.82 Å². The quantitative estimate of drug-likeness (QED) is 0.833. The van der Waals surface area contributed by atoms with Gasteiger partial charge in [-0.15, -0.1) is 0 Å². The molecule has 0 amide bonds. The zero-order valence-corrected chi connectivity index (χ0v) is 12.1. The molecule has 1 aromatic carbocycles. The van der Waals surface area contributed by atoms with E-state index in [1.165, 1.54) is 6.07 Å². The van der Waals surface area contributed by atoms with E-state index >= 15 is 0 Å². The van der Waals surface area contributed by atoms with Gasteiger partial charge in [0.05, 0.1) is 0 Å². The van der Waals surface area contributed by atoms with Crippen molar-refractivity contribution in [2.24, 2.45) is 0 Å². The van der Waals surface area contributed by atoms with Gasteiger partial charge in [-0.2, -0.15) is 0 Å². The molecule has 0 atom stereocenters. The average Bonchev–Trinajstić information content (AvgIpc) is 2.29. The first-order valence-electron chi connectivity index (χ1n) is 5.98. The van der Waals surface area contributed by atoms with Crippen LogP contribution in [0.3, 0.4) is 0 Å². The van der Waals surface area contributed by atoms with Crippen LogP contribution in [0.2, 0.25) is 0 Å². The van der Waals surface area contributed by atoms with E-state index in [0.717, 1.165) is 36.1 Å². The summed E-state index contributed by atoms with van der Waals surface area (Å²) in [6.45, 7) is 5.69. The van der Waals surface area contributed by atoms with Gasteiger partial charge >= 0.3 is 0 Å². The Morgan fingerprint density at radius 1 is 1.35 bits per heavy atom. The van der Waals surface area contributed by atoms with E-state index in [1.807, 2.05) is 19.2 Å². The van der Waals surface area contributed by atoms with Crippen molar-refractivity contribution < 1.29 is 4.39 Å². The summed E-state index contributed by atoms with van der Waals surface area (Å²) < 4.78 is 14.5. The lowest BCUT2D eigenvalue weighted by molar-refractivity contribution is 0.264. The van der Waals surface area contributed by atoms with Crippen LogP contribution < -0.4 is 5.32 Å². The first-order valence-corrected chi connectivity index (χ1v) is 6.77. The van der Waals surface area contributed by atoms with Crippen molar-refractivity contribution in [2.45, 2.75) is 19.9 Å². The van der Waals surface area contributed by atoms with Crippen molar-refractivity contribution in [3.63, 3.8) is 0 Å². The first-order chi connectivity index (χ1) is 8.17. The van der Waals surface area contributed by atoms with Crippen LogP contribution in [0.5, 0.6) is 0 Å². The molecule has 4 heteroatoms. The highest BCUT2D eigenvalue weighted by molar-refractivity contribution is 9.10. The monoisotopic (exact) mass is 302 g/mol. The Hall–Kier alpha value is -0.450. The van der Waals surface area contributed by atoms with E-state index in [-0.39, 0.29) is 5.82 Å². The molecule has 2 nitrogen and oxygen atoms in total. The molecule has 0 heterocycles. The summed E-state index contributed by atoms with van der Waals surface area (Å²) in [4.78, 5) is 2.27. The van der Waals surface area contributed by atoms with Crippen LogP contribution in [-0.4, -0.2) is 31.6 Å². The number of hydrogen-bond acceptors (Lipinski definition) is 2. The highest BCUT2D eigenvalue weighted by Gasteiger charge is 2.08. The maximum atomic E-state index is 13.7. The normalized spacial score (nSPS) is 11.1. The van der Waals surface area contributed by atoms with Gasteiger partial charge in [-0.1, -0.05) is 28.9 Å². The molecule has 0 saturated carbocycles. The van der Waals surface area contributed by atoms with Crippen molar-refractivity contribution >= 4 is 15.9 Å². The van der Waals surface area contributed by atoms with Gasteiger partial charge in [-0.25, -0.2) is 4.39 Å². The number of rotatable bonds is 7. The molecule has 0 spiro atoms. The zero-order chi connectivity index (χ0) is 12.7. The number of nitrogens with zero attached hydrogens (tertiary/aromatic N) is 1. The lowest BCUT2D eigenvalue weighted by Gasteiger charge is -2.21. The fraction of sp³-hybridized carbons (Fsp3) is 0.538. The summed E-state index contributed by atoms with van der Waals surface area (Å²) >= 11 is 3.27. The summed E-state index contributed by atoms with van der Waals surface area (Å²) in [5, 5.41) is 3.12. The highest BCUT2D eigenvalue weighted by Crippen LogP contribution is 2.16. The minimum Gasteiger partial charge on any atom is -0.318 e. The molecule has 0 saturated heterocycles. The Morgan fingerprint density at radius 2 is 2.12 bits per heavy atom. The van der Waals surface area contributed by atoms with Gasteiger partial charge in [0, 0.05) is 29.7 Å². The van der Waals surface area contributed by atoms with Crippen molar-refractivity contribution in [1.29, 1.82) is 0 Å². The Balaban J connectivity index is 2.64. The maximum absolute atomic E-state index is 13.7. The van der Waals surface area contributed by atoms with Gasteiger partial charge in [-0.05, 0) is 32.1 Å². The summed E-state index contributed by atoms with van der Waals surface area (Å²) in [6, 6.07) is 5.26. The van der Waals surface area contributed by atoms with Gasteiger partial charge in [0.25, 0.3) is 0 Å². The maximum Gasteiger partial charge on any atom is 0.128 e. The average molecular weight is 303 g/mol. The second-order valence-corrected chi connectivity index (χ2v) is 5.03. The molecule has 1 rings (SSSR count). The molecule has 17 heavy (non-hydrogen) atoms. The number of benzene rings is 1. The molecule has 96 valence electrons. The van der Waals surface area contributed by atoms with Crippen molar-refractivity contribution in [2.75, 3.05) is 26.7 Å². The van der Waals surface area contributed by atoms with Crippen LogP contribution >= 0.6 is 15.9 Å². The summed E-state index contributed by atoms with van der Waals surface area (Å²) in [6.07, 6.45) is 1.09. The third-order valence-corrected chi connectivity index (χ3v) is 3.12. The fourth-order valence-corrected chi connectivity index (χ4v) is 2.08. The van der Waals surface area contributed by atoms with E-state index in [9.17, 15) is 4.39 Å². The number of halogens is 2. The van der Waals surface area contributed by atoms with Crippen LogP contribution in [-0.2, 0) is 6.54 Å². The van der Waals surface area contributed by atoms with E-state index in [0.29, 0.717) is 6.54 Å². The van der Waals surface area contributed by atoms with Gasteiger partial charge in [0.2, 0.25) is 0 Å². The van der Waals surface area contributed by atoms with Crippen molar-refractivity contribution in [3.8, 4) is 0 Å². The van der Waals surface area contributed by atoms with Crippen LogP contribution in [0.15, 0.2) is 22.7 Å². The Labute approximate surface area is 111 Å². The summed E-state index contributed by atoms with van der Waals surface area (Å²) in [5.74, 6) is -0.134. The van der Waals surface area contributed by atoms with Gasteiger partial charge < -0.3 is 5.32 Å². The standard InChI is InChI=1S/C13H20BrFN2/c1-3-7-17(8-6-16-2)10-11-4-5-12(14)9-13(11)15/h4-5,9,16H,3,6-8,10H2,1-2H3. The molecule has 0 aliphatic carbocycles. The Kier molecular flexibility index (Phi) is 6.70. The Morgan fingerprint density at radius 3 is 2.71 bits per heavy atom. The molecule has 0 aromatic heterocycles. The van der Waals surface area contributed by atoms with E-state index in [4.69, 9.17) is 0 Å². The molecular weight excluding hydrogens is 283 g/mol. The second kappa shape index (κ2) is 7.80. The SMILES string of the molecule is CCCN(CCNC)Cc1ccc(Br)cc1F. The summed E-state index contributed by atoms with van der Waals surface area (Å²) in [5.41, 5.74) is 0.762. The number of nitrogens with one attached hydrogen (secondary N) is 1. The smallest absolute Gasteiger partial charge is 0.128 e. The van der Waals surface area contributed by atoms with E-state index in [2.05, 4.69) is 33.1 Å². The number of hydrogen-bond donors (Lipinski definition) is 1. The molecule has 0 bridgehead atoms.